The Morgan fingerprint density at radius 1 is 1.27 bits per heavy atom. The SMILES string of the molecule is O=C1OC2CC(CS(=O)(=O)c3ccc(OCc4cscn4)cc3)(C(=O)NO)CC2O1. The Morgan fingerprint density at radius 3 is 2.50 bits per heavy atom. The molecule has 160 valence electrons. The van der Waals surface area contributed by atoms with Crippen LogP contribution in [0.1, 0.15) is 18.5 Å². The number of nitrogens with one attached hydrogen (secondary N) is 1. The number of nitrogens with zero attached hydrogens (tertiary/aromatic N) is 1. The molecule has 1 amide bonds. The summed E-state index contributed by atoms with van der Waals surface area (Å²) in [6.45, 7) is 0.261. The summed E-state index contributed by atoms with van der Waals surface area (Å²) in [5.74, 6) is -0.955. The number of benzene rings is 1. The van der Waals surface area contributed by atoms with Crippen molar-refractivity contribution >= 4 is 33.2 Å². The standard InChI is InChI=1S/C18H18N2O8S2/c21-16(20-23)18(5-14-15(6-18)28-17(22)27-14)9-30(24,25)13-3-1-12(2-4-13)26-7-11-8-29-10-19-11/h1-4,8,10,14-15,23H,5-7,9H2,(H,20,21). The maximum absolute atomic E-state index is 13.0. The number of thiazole rings is 1. The lowest BCUT2D eigenvalue weighted by atomic mass is 9.87. The molecular formula is C18H18N2O8S2. The van der Waals surface area contributed by atoms with E-state index in [1.807, 2.05) is 5.38 Å². The van der Waals surface area contributed by atoms with E-state index < -0.39 is 45.3 Å². The predicted octanol–water partition coefficient (Wildman–Crippen LogP) is 1.69. The van der Waals surface area contributed by atoms with Crippen LogP contribution >= 0.6 is 11.3 Å². The van der Waals surface area contributed by atoms with Crippen molar-refractivity contribution in [3.63, 3.8) is 0 Å². The molecule has 12 heteroatoms. The number of aromatic nitrogens is 1. The van der Waals surface area contributed by atoms with Crippen LogP contribution in [0.3, 0.4) is 0 Å². The molecule has 1 aromatic carbocycles. The van der Waals surface area contributed by atoms with E-state index in [0.29, 0.717) is 5.75 Å². The van der Waals surface area contributed by atoms with Crippen LogP contribution in [-0.4, -0.2) is 48.6 Å². The van der Waals surface area contributed by atoms with Crippen molar-refractivity contribution in [1.82, 2.24) is 10.5 Å². The van der Waals surface area contributed by atoms with Gasteiger partial charge in [0, 0.05) is 18.2 Å². The second kappa shape index (κ2) is 7.85. The smallest absolute Gasteiger partial charge is 0.487 e. The second-order valence-electron chi connectivity index (χ2n) is 7.19. The molecule has 1 saturated carbocycles. The molecule has 30 heavy (non-hydrogen) atoms. The first-order valence-corrected chi connectivity index (χ1v) is 11.6. The summed E-state index contributed by atoms with van der Waals surface area (Å²) in [7, 11) is -3.91. The maximum Gasteiger partial charge on any atom is 0.509 e. The molecule has 2 N–H and O–H groups in total. The molecule has 2 fully saturated rings. The number of rotatable bonds is 7. The predicted molar refractivity (Wildman–Crippen MR) is 102 cm³/mol. The number of sulfone groups is 1. The summed E-state index contributed by atoms with van der Waals surface area (Å²) in [5, 5.41) is 11.0. The topological polar surface area (TPSA) is 141 Å². The summed E-state index contributed by atoms with van der Waals surface area (Å²) < 4.78 is 41.5. The Labute approximate surface area is 175 Å². The third-order valence-electron chi connectivity index (χ3n) is 5.20. The van der Waals surface area contributed by atoms with E-state index in [1.54, 1.807) is 5.51 Å². The van der Waals surface area contributed by atoms with Crippen molar-refractivity contribution in [2.24, 2.45) is 5.41 Å². The summed E-state index contributed by atoms with van der Waals surface area (Å²) in [6, 6.07) is 5.82. The zero-order valence-electron chi connectivity index (χ0n) is 15.5. The second-order valence-corrected chi connectivity index (χ2v) is 9.90. The number of hydrogen-bond acceptors (Lipinski definition) is 10. The molecule has 2 atom stereocenters. The Kier molecular flexibility index (Phi) is 5.38. The summed E-state index contributed by atoms with van der Waals surface area (Å²) in [4.78, 5) is 27.7. The molecule has 0 spiro atoms. The Morgan fingerprint density at radius 2 is 1.93 bits per heavy atom. The van der Waals surface area contributed by atoms with E-state index in [-0.39, 0.29) is 24.3 Å². The van der Waals surface area contributed by atoms with Gasteiger partial charge in [-0.15, -0.1) is 11.3 Å². The van der Waals surface area contributed by atoms with E-state index in [9.17, 15) is 18.0 Å². The van der Waals surface area contributed by atoms with Gasteiger partial charge in [0.1, 0.15) is 24.6 Å². The molecule has 1 aliphatic carbocycles. The Bertz CT molecular complexity index is 1020. The van der Waals surface area contributed by atoms with Gasteiger partial charge in [0.15, 0.2) is 9.84 Å². The maximum atomic E-state index is 13.0. The monoisotopic (exact) mass is 454 g/mol. The number of fused-ring (bicyclic) bond motifs is 1. The molecule has 0 bridgehead atoms. The minimum Gasteiger partial charge on any atom is -0.487 e. The molecule has 4 rings (SSSR count). The van der Waals surface area contributed by atoms with E-state index >= 15 is 0 Å². The van der Waals surface area contributed by atoms with Crippen molar-refractivity contribution < 1.29 is 37.4 Å². The van der Waals surface area contributed by atoms with E-state index in [2.05, 4.69) is 4.98 Å². The number of ether oxygens (including phenoxy) is 3. The molecule has 1 aromatic heterocycles. The van der Waals surface area contributed by atoms with Crippen LogP contribution in [0.25, 0.3) is 0 Å². The minimum absolute atomic E-state index is 0.00333. The van der Waals surface area contributed by atoms with Gasteiger partial charge in [-0.05, 0) is 24.3 Å². The quantitative estimate of drug-likeness (QED) is 0.363. The van der Waals surface area contributed by atoms with Gasteiger partial charge in [0.25, 0.3) is 5.91 Å². The molecule has 0 radical (unpaired) electrons. The average molecular weight is 454 g/mol. The van der Waals surface area contributed by atoms with Crippen molar-refractivity contribution in [2.75, 3.05) is 5.75 Å². The van der Waals surface area contributed by atoms with Crippen molar-refractivity contribution in [2.45, 2.75) is 36.6 Å². The van der Waals surface area contributed by atoms with E-state index in [0.717, 1.165) is 5.69 Å². The van der Waals surface area contributed by atoms with Crippen LogP contribution in [0, 0.1) is 5.41 Å². The van der Waals surface area contributed by atoms with Gasteiger partial charge in [0.2, 0.25) is 0 Å². The lowest BCUT2D eigenvalue weighted by Gasteiger charge is -2.26. The summed E-state index contributed by atoms with van der Waals surface area (Å²) >= 11 is 1.45. The Balaban J connectivity index is 1.49. The van der Waals surface area contributed by atoms with Crippen LogP contribution in [0.2, 0.25) is 0 Å². The minimum atomic E-state index is -3.91. The fourth-order valence-corrected chi connectivity index (χ4v) is 6.13. The number of hydrogen-bond donors (Lipinski definition) is 2. The van der Waals surface area contributed by atoms with Gasteiger partial charge >= 0.3 is 6.16 Å². The average Bonchev–Trinajstić information content (AvgIpc) is 3.41. The van der Waals surface area contributed by atoms with Crippen molar-refractivity contribution in [3.05, 3.63) is 40.8 Å². The third-order valence-corrected chi connectivity index (χ3v) is 7.75. The van der Waals surface area contributed by atoms with Gasteiger partial charge in [0.05, 0.1) is 27.3 Å². The van der Waals surface area contributed by atoms with E-state index in [1.165, 1.54) is 41.1 Å². The van der Waals surface area contributed by atoms with Crippen LogP contribution in [0.15, 0.2) is 40.1 Å². The van der Waals surface area contributed by atoms with Gasteiger partial charge in [-0.1, -0.05) is 0 Å². The zero-order chi connectivity index (χ0) is 21.4. The number of hydroxylamine groups is 1. The van der Waals surface area contributed by atoms with Gasteiger partial charge in [-0.25, -0.2) is 23.7 Å². The number of carbonyl (C=O) groups excluding carboxylic acids is 2. The van der Waals surface area contributed by atoms with Crippen LogP contribution < -0.4 is 10.2 Å². The molecule has 2 aromatic rings. The van der Waals surface area contributed by atoms with Crippen LogP contribution in [0.4, 0.5) is 4.79 Å². The van der Waals surface area contributed by atoms with Crippen molar-refractivity contribution in [3.8, 4) is 5.75 Å². The highest BCUT2D eigenvalue weighted by Crippen LogP contribution is 2.46. The lowest BCUT2D eigenvalue weighted by Crippen LogP contribution is -2.43. The van der Waals surface area contributed by atoms with Gasteiger partial charge in [-0.2, -0.15) is 0 Å². The highest BCUT2D eigenvalue weighted by atomic mass is 32.2. The summed E-state index contributed by atoms with van der Waals surface area (Å²) in [6.07, 6.45) is -2.44. The fourth-order valence-electron chi connectivity index (χ4n) is 3.77. The summed E-state index contributed by atoms with van der Waals surface area (Å²) in [5.41, 5.74) is 2.51. The molecule has 2 aliphatic rings. The van der Waals surface area contributed by atoms with Crippen molar-refractivity contribution in [1.29, 1.82) is 0 Å². The van der Waals surface area contributed by atoms with Crippen LogP contribution in [0.5, 0.6) is 5.75 Å². The first kappa shape index (κ1) is 20.6. The van der Waals surface area contributed by atoms with Gasteiger partial charge < -0.3 is 14.2 Å². The highest BCUT2D eigenvalue weighted by molar-refractivity contribution is 7.91. The molecule has 2 unspecified atom stereocenters. The largest absolute Gasteiger partial charge is 0.509 e. The molecular weight excluding hydrogens is 436 g/mol. The molecule has 10 nitrogen and oxygen atoms in total. The third kappa shape index (κ3) is 3.98. The van der Waals surface area contributed by atoms with Gasteiger partial charge in [-0.3, -0.25) is 10.0 Å². The number of carbonyl (C=O) groups is 2. The molecule has 2 heterocycles. The van der Waals surface area contributed by atoms with E-state index in [4.69, 9.17) is 19.4 Å². The lowest BCUT2D eigenvalue weighted by molar-refractivity contribution is -0.139. The normalized spacial score (nSPS) is 25.3. The Hall–Kier alpha value is -2.70. The zero-order valence-corrected chi connectivity index (χ0v) is 17.1. The highest BCUT2D eigenvalue weighted by Gasteiger charge is 2.58. The first-order valence-electron chi connectivity index (χ1n) is 8.96. The first-order chi connectivity index (χ1) is 14.3. The molecule has 1 saturated heterocycles. The molecule has 1 aliphatic heterocycles. The van der Waals surface area contributed by atoms with Crippen LogP contribution in [-0.2, 0) is 30.7 Å². The fraction of sp³-hybridized carbons (Fsp3) is 0.389. The number of amides is 1.